The van der Waals surface area contributed by atoms with Crippen LogP contribution in [0.25, 0.3) is 0 Å². The Labute approximate surface area is 183 Å². The third-order valence-corrected chi connectivity index (χ3v) is 6.25. The molecular formula is C19H26Cl2N4O3S. The number of nitrogens with zero attached hydrogens (tertiary/aromatic N) is 2. The monoisotopic (exact) mass is 460 g/mol. The summed E-state index contributed by atoms with van der Waals surface area (Å²) in [6, 6.07) is 9.16. The van der Waals surface area contributed by atoms with E-state index in [-0.39, 0.29) is 41.7 Å². The van der Waals surface area contributed by atoms with Gasteiger partial charge in [0, 0.05) is 37.1 Å². The number of nitrogens with two attached hydrogens (primary N) is 1. The largest absolute Gasteiger partial charge is 0.334 e. The van der Waals surface area contributed by atoms with Crippen molar-refractivity contribution in [3.8, 4) is 0 Å². The minimum Gasteiger partial charge on any atom is -0.334 e. The Balaban J connectivity index is 0.00000210. The van der Waals surface area contributed by atoms with E-state index in [9.17, 15) is 13.2 Å². The van der Waals surface area contributed by atoms with Crippen LogP contribution in [0.3, 0.4) is 0 Å². The number of benzene rings is 1. The summed E-state index contributed by atoms with van der Waals surface area (Å²) in [5.41, 5.74) is 6.73. The number of nitrogens with one attached hydrogen (secondary N) is 1. The van der Waals surface area contributed by atoms with Gasteiger partial charge in [-0.25, -0.2) is 8.42 Å². The average Bonchev–Trinajstić information content (AvgIpc) is 2.68. The van der Waals surface area contributed by atoms with Gasteiger partial charge in [-0.3, -0.25) is 14.5 Å². The fourth-order valence-electron chi connectivity index (χ4n) is 3.32. The van der Waals surface area contributed by atoms with E-state index >= 15 is 0 Å². The maximum Gasteiger partial charge on any atom is 0.261 e. The molecule has 1 aliphatic heterocycles. The molecule has 1 aliphatic rings. The van der Waals surface area contributed by atoms with E-state index in [0.29, 0.717) is 30.3 Å². The third-order valence-electron chi connectivity index (χ3n) is 4.86. The van der Waals surface area contributed by atoms with Gasteiger partial charge in [0.2, 0.25) is 0 Å². The summed E-state index contributed by atoms with van der Waals surface area (Å²) in [6.45, 7) is 3.27. The summed E-state index contributed by atoms with van der Waals surface area (Å²) in [7, 11) is -3.73. The first-order valence-electron chi connectivity index (χ1n) is 8.94. The second kappa shape index (κ2) is 10.8. The van der Waals surface area contributed by atoms with Crippen molar-refractivity contribution in [3.05, 3.63) is 54.4 Å². The summed E-state index contributed by atoms with van der Waals surface area (Å²) >= 11 is 0. The number of halogens is 2. The molecule has 3 N–H and O–H groups in total. The van der Waals surface area contributed by atoms with Gasteiger partial charge in [0.25, 0.3) is 15.9 Å². The van der Waals surface area contributed by atoms with E-state index in [4.69, 9.17) is 5.73 Å². The van der Waals surface area contributed by atoms with Crippen molar-refractivity contribution in [1.29, 1.82) is 0 Å². The van der Waals surface area contributed by atoms with Crippen molar-refractivity contribution < 1.29 is 13.2 Å². The summed E-state index contributed by atoms with van der Waals surface area (Å²) in [5.74, 6) is 0.442. The van der Waals surface area contributed by atoms with Gasteiger partial charge in [-0.2, -0.15) is 0 Å². The predicted molar refractivity (Wildman–Crippen MR) is 118 cm³/mol. The van der Waals surface area contributed by atoms with Crippen molar-refractivity contribution in [3.63, 3.8) is 0 Å². The highest BCUT2D eigenvalue weighted by Gasteiger charge is 2.29. The highest BCUT2D eigenvalue weighted by Crippen LogP contribution is 2.24. The smallest absolute Gasteiger partial charge is 0.261 e. The van der Waals surface area contributed by atoms with Gasteiger partial charge in [-0.1, -0.05) is 6.92 Å². The molecule has 2 unspecified atom stereocenters. The zero-order valence-corrected chi connectivity index (χ0v) is 18.5. The van der Waals surface area contributed by atoms with Crippen LogP contribution in [-0.2, 0) is 10.0 Å². The lowest BCUT2D eigenvalue weighted by molar-refractivity contribution is 0.0573. The maximum absolute atomic E-state index is 12.8. The first-order valence-corrected chi connectivity index (χ1v) is 10.4. The number of amides is 1. The molecule has 2 heterocycles. The molecule has 2 aromatic rings. The van der Waals surface area contributed by atoms with Crippen molar-refractivity contribution >= 4 is 46.4 Å². The van der Waals surface area contributed by atoms with Crippen LogP contribution >= 0.6 is 24.8 Å². The Morgan fingerprint density at radius 1 is 1.17 bits per heavy atom. The van der Waals surface area contributed by atoms with E-state index < -0.39 is 10.0 Å². The second-order valence-electron chi connectivity index (χ2n) is 6.88. The summed E-state index contributed by atoms with van der Waals surface area (Å²) in [4.78, 5) is 18.6. The number of carbonyl (C=O) groups is 1. The fourth-order valence-corrected chi connectivity index (χ4v) is 4.38. The number of hydrogen-bond donors (Lipinski definition) is 2. The van der Waals surface area contributed by atoms with E-state index in [0.717, 1.165) is 12.8 Å². The number of likely N-dealkylation sites (tertiary alicyclic amines) is 1. The van der Waals surface area contributed by atoms with Crippen molar-refractivity contribution in [1.82, 2.24) is 9.88 Å². The first-order chi connectivity index (χ1) is 12.9. The van der Waals surface area contributed by atoms with Crippen LogP contribution in [-0.4, -0.2) is 43.3 Å². The molecule has 1 fully saturated rings. The van der Waals surface area contributed by atoms with E-state index in [1.54, 1.807) is 29.2 Å². The molecule has 1 aromatic heterocycles. The average molecular weight is 461 g/mol. The molecule has 1 aromatic carbocycles. The number of anilines is 1. The Kier molecular flexibility index (Phi) is 9.35. The van der Waals surface area contributed by atoms with Gasteiger partial charge in [0.15, 0.2) is 0 Å². The normalized spacial score (nSPS) is 18.9. The third kappa shape index (κ3) is 6.05. The first kappa shape index (κ1) is 25.2. The van der Waals surface area contributed by atoms with Crippen molar-refractivity contribution in [2.45, 2.75) is 30.7 Å². The SMILES string of the molecule is CC1CCN(C(=O)c2ccc(S(=O)(=O)Nc3ccncc3)cc2)C(CN)C1.Cl.Cl. The molecule has 0 radical (unpaired) electrons. The number of piperidine rings is 1. The molecule has 2 atom stereocenters. The number of hydrogen-bond acceptors (Lipinski definition) is 5. The molecule has 0 saturated carbocycles. The van der Waals surface area contributed by atoms with E-state index in [1.165, 1.54) is 24.5 Å². The zero-order valence-electron chi connectivity index (χ0n) is 16.0. The molecule has 3 rings (SSSR count). The Morgan fingerprint density at radius 2 is 1.79 bits per heavy atom. The minimum absolute atomic E-state index is 0. The minimum atomic E-state index is -3.73. The molecule has 10 heteroatoms. The lowest BCUT2D eigenvalue weighted by Gasteiger charge is -2.38. The van der Waals surface area contributed by atoms with Gasteiger partial charge in [0.05, 0.1) is 10.6 Å². The fraction of sp³-hybridized carbons (Fsp3) is 0.368. The van der Waals surface area contributed by atoms with Crippen molar-refractivity contribution in [2.75, 3.05) is 17.8 Å². The number of aromatic nitrogens is 1. The highest BCUT2D eigenvalue weighted by molar-refractivity contribution is 7.92. The summed E-state index contributed by atoms with van der Waals surface area (Å²) in [6.07, 6.45) is 4.86. The molecule has 160 valence electrons. The van der Waals surface area contributed by atoms with Gasteiger partial charge < -0.3 is 10.6 Å². The highest BCUT2D eigenvalue weighted by atomic mass is 35.5. The van der Waals surface area contributed by atoms with Gasteiger partial charge in [-0.05, 0) is 55.2 Å². The predicted octanol–water partition coefficient (Wildman–Crippen LogP) is 2.93. The topological polar surface area (TPSA) is 105 Å². The molecule has 0 spiro atoms. The van der Waals surface area contributed by atoms with Crippen LogP contribution in [0.15, 0.2) is 53.7 Å². The van der Waals surface area contributed by atoms with E-state index in [1.807, 2.05) is 0 Å². The van der Waals surface area contributed by atoms with Crippen LogP contribution in [0.1, 0.15) is 30.1 Å². The van der Waals surface area contributed by atoms with Gasteiger partial charge in [-0.15, -0.1) is 24.8 Å². The molecule has 0 aliphatic carbocycles. The van der Waals surface area contributed by atoms with Crippen LogP contribution < -0.4 is 10.5 Å². The van der Waals surface area contributed by atoms with Crippen molar-refractivity contribution in [2.24, 2.45) is 11.7 Å². The Hall–Kier alpha value is -1.87. The molecule has 1 saturated heterocycles. The quantitative estimate of drug-likeness (QED) is 0.713. The molecule has 1 amide bonds. The van der Waals surface area contributed by atoms with Crippen LogP contribution in [0, 0.1) is 5.92 Å². The molecule has 0 bridgehead atoms. The number of carbonyl (C=O) groups excluding carboxylic acids is 1. The number of sulfonamides is 1. The Morgan fingerprint density at radius 3 is 2.38 bits per heavy atom. The van der Waals surface area contributed by atoms with Crippen LogP contribution in [0.2, 0.25) is 0 Å². The number of rotatable bonds is 5. The van der Waals surface area contributed by atoms with Gasteiger partial charge in [0.1, 0.15) is 0 Å². The lowest BCUT2D eigenvalue weighted by Crippen LogP contribution is -2.49. The summed E-state index contributed by atoms with van der Waals surface area (Å²) < 4.78 is 27.4. The molecule has 7 nitrogen and oxygen atoms in total. The lowest BCUT2D eigenvalue weighted by atomic mass is 9.92. The van der Waals surface area contributed by atoms with Crippen LogP contribution in [0.4, 0.5) is 5.69 Å². The second-order valence-corrected chi connectivity index (χ2v) is 8.57. The maximum atomic E-state index is 12.8. The Bertz CT molecular complexity index is 895. The zero-order chi connectivity index (χ0) is 19.4. The molecular weight excluding hydrogens is 435 g/mol. The van der Waals surface area contributed by atoms with Crippen LogP contribution in [0.5, 0.6) is 0 Å². The van der Waals surface area contributed by atoms with Gasteiger partial charge >= 0.3 is 0 Å². The standard InChI is InChI=1S/C19H24N4O3S.2ClH/c1-14-8-11-23(17(12-14)13-20)19(24)15-2-4-18(5-3-15)27(25,26)22-16-6-9-21-10-7-16;;/h2-7,9-10,14,17H,8,11-13,20H2,1H3,(H,21,22);2*1H. The summed E-state index contributed by atoms with van der Waals surface area (Å²) in [5, 5.41) is 0. The molecule has 29 heavy (non-hydrogen) atoms. The number of pyridine rings is 1. The van der Waals surface area contributed by atoms with E-state index in [2.05, 4.69) is 16.6 Å².